The number of carbonyl (C=O) groups excluding carboxylic acids is 1. The average molecular weight is 387 g/mol. The maximum absolute atomic E-state index is 11.8. The van der Waals surface area contributed by atoms with Gasteiger partial charge in [-0.3, -0.25) is 9.69 Å². The van der Waals surface area contributed by atoms with Crippen molar-refractivity contribution in [3.63, 3.8) is 0 Å². The van der Waals surface area contributed by atoms with Crippen molar-refractivity contribution in [3.05, 3.63) is 47.9 Å². The molecule has 8 heteroatoms. The van der Waals surface area contributed by atoms with Gasteiger partial charge in [-0.15, -0.1) is 0 Å². The molecule has 0 aliphatic carbocycles. The Kier molecular flexibility index (Phi) is 7.45. The van der Waals surface area contributed by atoms with Crippen LogP contribution in [-0.2, 0) is 4.74 Å². The highest BCUT2D eigenvalue weighted by Gasteiger charge is 2.11. The van der Waals surface area contributed by atoms with Crippen molar-refractivity contribution in [3.8, 4) is 11.5 Å². The van der Waals surface area contributed by atoms with Crippen LogP contribution < -0.4 is 14.9 Å². The van der Waals surface area contributed by atoms with Gasteiger partial charge in [0.25, 0.3) is 0 Å². The number of amides is 1. The first kappa shape index (κ1) is 19.9. The summed E-state index contributed by atoms with van der Waals surface area (Å²) in [4.78, 5) is 14.1. The number of ether oxygens (including phenoxy) is 3. The Balaban J connectivity index is 1.55. The van der Waals surface area contributed by atoms with E-state index in [2.05, 4.69) is 15.4 Å². The predicted octanol–water partition coefficient (Wildman–Crippen LogP) is 2.15. The topological polar surface area (TPSA) is 85.5 Å². The third-order valence-electron chi connectivity index (χ3n) is 4.16. The molecule has 1 amide bonds. The zero-order valence-corrected chi connectivity index (χ0v) is 15.9. The zero-order chi connectivity index (χ0) is 19.6. The smallest absolute Gasteiger partial charge is 0.307 e. The molecule has 1 N–H and O–H groups in total. The third-order valence-corrected chi connectivity index (χ3v) is 4.16. The van der Waals surface area contributed by atoms with E-state index in [9.17, 15) is 4.79 Å². The van der Waals surface area contributed by atoms with Gasteiger partial charge in [-0.25, -0.2) is 5.43 Å². The number of hydrazone groups is 1. The molecule has 8 nitrogen and oxygen atoms in total. The first-order valence-electron chi connectivity index (χ1n) is 9.33. The van der Waals surface area contributed by atoms with Crippen LogP contribution in [0.2, 0.25) is 0 Å². The molecule has 0 radical (unpaired) electrons. The quantitative estimate of drug-likeness (QED) is 0.524. The van der Waals surface area contributed by atoms with Gasteiger partial charge in [0.15, 0.2) is 17.3 Å². The number of rotatable bonds is 9. The van der Waals surface area contributed by atoms with Crippen molar-refractivity contribution in [2.75, 3.05) is 46.1 Å². The molecule has 1 aromatic heterocycles. The van der Waals surface area contributed by atoms with E-state index in [1.807, 2.05) is 25.1 Å². The second kappa shape index (κ2) is 10.5. The first-order chi connectivity index (χ1) is 13.8. The Bertz CT molecular complexity index is 770. The number of hydrogen-bond donors (Lipinski definition) is 1. The van der Waals surface area contributed by atoms with E-state index in [4.69, 9.17) is 18.6 Å². The lowest BCUT2D eigenvalue weighted by atomic mass is 10.2. The number of carbonyl (C=O) groups is 1. The number of nitrogens with one attached hydrogen (secondary N) is 1. The van der Waals surface area contributed by atoms with Gasteiger partial charge in [0.1, 0.15) is 6.61 Å². The molecule has 1 aliphatic heterocycles. The van der Waals surface area contributed by atoms with Gasteiger partial charge in [-0.05, 0) is 42.8 Å². The summed E-state index contributed by atoms with van der Waals surface area (Å²) in [5.41, 5.74) is 3.20. The largest absolute Gasteiger partial charge is 0.490 e. The van der Waals surface area contributed by atoms with Crippen molar-refractivity contribution in [2.45, 2.75) is 6.92 Å². The highest BCUT2D eigenvalue weighted by atomic mass is 16.5. The molecule has 0 spiro atoms. The van der Waals surface area contributed by atoms with E-state index in [0.717, 1.165) is 38.4 Å². The Morgan fingerprint density at radius 1 is 1.25 bits per heavy atom. The van der Waals surface area contributed by atoms with Gasteiger partial charge in [0.2, 0.25) is 0 Å². The second-order valence-corrected chi connectivity index (χ2v) is 6.12. The molecule has 1 aliphatic rings. The second-order valence-electron chi connectivity index (χ2n) is 6.12. The standard InChI is InChI=1S/C20H25N3O5/c1-2-26-19-14-16(15-21-22-20(24)18-4-3-10-27-18)5-6-17(19)28-13-9-23-7-11-25-12-8-23/h3-6,10,14-15H,2,7-9,11-13H2,1H3,(H,22,24)/b21-15-. The summed E-state index contributed by atoms with van der Waals surface area (Å²) in [5.74, 6) is 1.13. The van der Waals surface area contributed by atoms with Crippen LogP contribution in [0.5, 0.6) is 11.5 Å². The lowest BCUT2D eigenvalue weighted by molar-refractivity contribution is 0.0321. The number of benzene rings is 1. The SMILES string of the molecule is CCOc1cc(/C=N\NC(=O)c2ccco2)ccc1OCCN1CCOCC1. The number of furan rings is 1. The number of nitrogens with zero attached hydrogens (tertiary/aromatic N) is 2. The van der Waals surface area contributed by atoms with Gasteiger partial charge in [-0.2, -0.15) is 5.10 Å². The number of morpholine rings is 1. The Morgan fingerprint density at radius 2 is 2.11 bits per heavy atom. The third kappa shape index (κ3) is 5.83. The summed E-state index contributed by atoms with van der Waals surface area (Å²) in [5, 5.41) is 3.95. The minimum Gasteiger partial charge on any atom is -0.490 e. The van der Waals surface area contributed by atoms with Crippen molar-refractivity contribution < 1.29 is 23.4 Å². The van der Waals surface area contributed by atoms with Crippen LogP contribution in [0.3, 0.4) is 0 Å². The van der Waals surface area contributed by atoms with Gasteiger partial charge in [0, 0.05) is 19.6 Å². The van der Waals surface area contributed by atoms with E-state index in [1.54, 1.807) is 18.3 Å². The van der Waals surface area contributed by atoms with Crippen LogP contribution in [0.15, 0.2) is 46.1 Å². The molecule has 2 aromatic rings. The maximum atomic E-state index is 11.8. The molecule has 28 heavy (non-hydrogen) atoms. The molecule has 0 unspecified atom stereocenters. The first-order valence-corrected chi connectivity index (χ1v) is 9.33. The lowest BCUT2D eigenvalue weighted by Gasteiger charge is -2.26. The van der Waals surface area contributed by atoms with Gasteiger partial charge in [0.05, 0.1) is 32.3 Å². The van der Waals surface area contributed by atoms with Crippen molar-refractivity contribution in [2.24, 2.45) is 5.10 Å². The van der Waals surface area contributed by atoms with Gasteiger partial charge < -0.3 is 18.6 Å². The van der Waals surface area contributed by atoms with Crippen LogP contribution in [0.25, 0.3) is 0 Å². The fourth-order valence-corrected chi connectivity index (χ4v) is 2.73. The molecule has 1 aromatic carbocycles. The average Bonchev–Trinajstić information content (AvgIpc) is 3.25. The molecule has 1 saturated heterocycles. The minimum atomic E-state index is -0.408. The van der Waals surface area contributed by atoms with Crippen LogP contribution >= 0.6 is 0 Å². The summed E-state index contributed by atoms with van der Waals surface area (Å²) in [7, 11) is 0. The van der Waals surface area contributed by atoms with Crippen molar-refractivity contribution in [1.82, 2.24) is 10.3 Å². The fraction of sp³-hybridized carbons (Fsp3) is 0.400. The predicted molar refractivity (Wildman–Crippen MR) is 104 cm³/mol. The van der Waals surface area contributed by atoms with Crippen LogP contribution in [-0.4, -0.2) is 63.1 Å². The summed E-state index contributed by atoms with van der Waals surface area (Å²) >= 11 is 0. The monoisotopic (exact) mass is 387 g/mol. The van der Waals surface area contributed by atoms with Crippen LogP contribution in [0.4, 0.5) is 0 Å². The maximum Gasteiger partial charge on any atom is 0.307 e. The lowest BCUT2D eigenvalue weighted by Crippen LogP contribution is -2.38. The Labute approximate surface area is 164 Å². The highest BCUT2D eigenvalue weighted by molar-refractivity contribution is 5.92. The van der Waals surface area contributed by atoms with E-state index < -0.39 is 5.91 Å². The Hall–Kier alpha value is -2.84. The van der Waals surface area contributed by atoms with E-state index in [0.29, 0.717) is 24.7 Å². The number of hydrogen-bond acceptors (Lipinski definition) is 7. The normalized spacial score (nSPS) is 14.9. The molecule has 0 atom stereocenters. The Morgan fingerprint density at radius 3 is 2.86 bits per heavy atom. The summed E-state index contributed by atoms with van der Waals surface area (Å²) in [6.45, 7) is 7.27. The molecular weight excluding hydrogens is 362 g/mol. The summed E-state index contributed by atoms with van der Waals surface area (Å²) < 4.78 is 22.0. The van der Waals surface area contributed by atoms with Crippen LogP contribution in [0.1, 0.15) is 23.0 Å². The zero-order valence-electron chi connectivity index (χ0n) is 15.9. The summed E-state index contributed by atoms with van der Waals surface area (Å²) in [6.07, 6.45) is 2.98. The van der Waals surface area contributed by atoms with Crippen molar-refractivity contribution in [1.29, 1.82) is 0 Å². The fourth-order valence-electron chi connectivity index (χ4n) is 2.73. The van der Waals surface area contributed by atoms with Gasteiger partial charge in [-0.1, -0.05) is 0 Å². The molecular formula is C20H25N3O5. The molecule has 1 fully saturated rings. The molecule has 2 heterocycles. The highest BCUT2D eigenvalue weighted by Crippen LogP contribution is 2.28. The minimum absolute atomic E-state index is 0.205. The van der Waals surface area contributed by atoms with Crippen LogP contribution in [0, 0.1) is 0 Å². The van der Waals surface area contributed by atoms with E-state index in [1.165, 1.54) is 6.26 Å². The van der Waals surface area contributed by atoms with E-state index in [-0.39, 0.29) is 5.76 Å². The molecule has 0 saturated carbocycles. The molecule has 0 bridgehead atoms. The van der Waals surface area contributed by atoms with Gasteiger partial charge >= 0.3 is 5.91 Å². The van der Waals surface area contributed by atoms with Crippen molar-refractivity contribution >= 4 is 12.1 Å². The summed E-state index contributed by atoms with van der Waals surface area (Å²) in [6, 6.07) is 8.75. The molecule has 150 valence electrons. The molecule has 3 rings (SSSR count). The van der Waals surface area contributed by atoms with E-state index >= 15 is 0 Å².